The summed E-state index contributed by atoms with van der Waals surface area (Å²) >= 11 is 1.74. The molecule has 0 saturated heterocycles. The highest BCUT2D eigenvalue weighted by atomic mass is 127. The molecule has 2 aromatic rings. The Labute approximate surface area is 184 Å². The summed E-state index contributed by atoms with van der Waals surface area (Å²) in [4.78, 5) is 10.0. The van der Waals surface area contributed by atoms with Crippen LogP contribution in [0.15, 0.2) is 35.5 Å². The number of hydrogen-bond acceptors (Lipinski definition) is 4. The number of benzene rings is 1. The fourth-order valence-corrected chi connectivity index (χ4v) is 3.15. The van der Waals surface area contributed by atoms with Crippen molar-refractivity contribution in [2.75, 3.05) is 13.7 Å². The summed E-state index contributed by atoms with van der Waals surface area (Å²) < 4.78 is 5.74. The van der Waals surface area contributed by atoms with Gasteiger partial charge in [0.2, 0.25) is 0 Å². The van der Waals surface area contributed by atoms with Gasteiger partial charge in [-0.05, 0) is 37.0 Å². The molecule has 0 aliphatic heterocycles. The standard InChI is InChI=1S/C20H30N4OS.HI/c1-6-18-11-22-19(26-18)12-23-20(21-5)24-15(4)16-7-9-17(10-8-16)25-13-14(2)3;/h7-11,14-15H,6,12-13H2,1-5H3,(H2,21,23,24);1H. The molecule has 2 N–H and O–H groups in total. The lowest BCUT2D eigenvalue weighted by Crippen LogP contribution is -2.38. The van der Waals surface area contributed by atoms with E-state index in [2.05, 4.69) is 60.4 Å². The summed E-state index contributed by atoms with van der Waals surface area (Å²) in [5, 5.41) is 7.82. The molecule has 0 bridgehead atoms. The second kappa shape index (κ2) is 12.2. The molecule has 1 aromatic carbocycles. The van der Waals surface area contributed by atoms with Crippen LogP contribution in [-0.4, -0.2) is 24.6 Å². The van der Waals surface area contributed by atoms with Gasteiger partial charge in [-0.2, -0.15) is 0 Å². The largest absolute Gasteiger partial charge is 0.493 e. The van der Waals surface area contributed by atoms with E-state index in [-0.39, 0.29) is 30.0 Å². The van der Waals surface area contributed by atoms with E-state index in [4.69, 9.17) is 4.74 Å². The minimum Gasteiger partial charge on any atom is -0.493 e. The summed E-state index contributed by atoms with van der Waals surface area (Å²) in [7, 11) is 1.78. The van der Waals surface area contributed by atoms with Crippen LogP contribution in [0, 0.1) is 5.92 Å². The molecule has 27 heavy (non-hydrogen) atoms. The van der Waals surface area contributed by atoms with E-state index in [9.17, 15) is 0 Å². The molecule has 1 heterocycles. The number of hydrogen-bond donors (Lipinski definition) is 2. The maximum atomic E-state index is 5.74. The quantitative estimate of drug-likeness (QED) is 0.310. The van der Waals surface area contributed by atoms with Crippen molar-refractivity contribution in [3.8, 4) is 5.75 Å². The fourth-order valence-electron chi connectivity index (χ4n) is 2.35. The average molecular weight is 502 g/mol. The second-order valence-electron chi connectivity index (χ2n) is 6.64. The molecule has 2 rings (SSSR count). The van der Waals surface area contributed by atoms with Gasteiger partial charge < -0.3 is 15.4 Å². The number of halogens is 1. The van der Waals surface area contributed by atoms with Crippen molar-refractivity contribution in [2.24, 2.45) is 10.9 Å². The van der Waals surface area contributed by atoms with Crippen molar-refractivity contribution in [2.45, 2.75) is 46.7 Å². The minimum absolute atomic E-state index is 0. The molecule has 0 aliphatic carbocycles. The van der Waals surface area contributed by atoms with Crippen LogP contribution in [0.2, 0.25) is 0 Å². The second-order valence-corrected chi connectivity index (χ2v) is 7.84. The Morgan fingerprint density at radius 2 is 1.93 bits per heavy atom. The highest BCUT2D eigenvalue weighted by Crippen LogP contribution is 2.18. The zero-order chi connectivity index (χ0) is 18.9. The van der Waals surface area contributed by atoms with Gasteiger partial charge in [-0.25, -0.2) is 4.98 Å². The molecular weight excluding hydrogens is 471 g/mol. The van der Waals surface area contributed by atoms with E-state index in [0.717, 1.165) is 29.7 Å². The predicted octanol–water partition coefficient (Wildman–Crippen LogP) is 4.78. The number of aromatic nitrogens is 1. The van der Waals surface area contributed by atoms with Crippen LogP contribution >= 0.6 is 35.3 Å². The lowest BCUT2D eigenvalue weighted by Gasteiger charge is -2.18. The smallest absolute Gasteiger partial charge is 0.191 e. The topological polar surface area (TPSA) is 58.5 Å². The third-order valence-corrected chi connectivity index (χ3v) is 5.04. The molecule has 1 aromatic heterocycles. The number of thiazole rings is 1. The molecule has 0 amide bonds. The van der Waals surface area contributed by atoms with Crippen LogP contribution in [0.25, 0.3) is 0 Å². The van der Waals surface area contributed by atoms with Gasteiger partial charge in [0.1, 0.15) is 10.8 Å². The molecule has 7 heteroatoms. The van der Waals surface area contributed by atoms with Crippen molar-refractivity contribution in [1.29, 1.82) is 0 Å². The van der Waals surface area contributed by atoms with Gasteiger partial charge in [-0.1, -0.05) is 32.9 Å². The third-order valence-electron chi connectivity index (χ3n) is 3.90. The number of guanidine groups is 1. The molecule has 0 saturated carbocycles. The third kappa shape index (κ3) is 8.04. The highest BCUT2D eigenvalue weighted by Gasteiger charge is 2.09. The van der Waals surface area contributed by atoms with E-state index in [1.54, 1.807) is 18.4 Å². The van der Waals surface area contributed by atoms with Crippen LogP contribution in [0.3, 0.4) is 0 Å². The Kier molecular flexibility index (Phi) is 10.7. The lowest BCUT2D eigenvalue weighted by atomic mass is 10.1. The van der Waals surface area contributed by atoms with Gasteiger partial charge >= 0.3 is 0 Å². The number of nitrogens with zero attached hydrogens (tertiary/aromatic N) is 2. The van der Waals surface area contributed by atoms with Gasteiger partial charge in [-0.15, -0.1) is 35.3 Å². The van der Waals surface area contributed by atoms with Gasteiger partial charge in [0.15, 0.2) is 5.96 Å². The van der Waals surface area contributed by atoms with E-state index >= 15 is 0 Å². The van der Waals surface area contributed by atoms with Crippen LogP contribution in [-0.2, 0) is 13.0 Å². The number of aryl methyl sites for hydroxylation is 1. The van der Waals surface area contributed by atoms with Crippen LogP contribution in [0.5, 0.6) is 5.75 Å². The first-order valence-electron chi connectivity index (χ1n) is 9.15. The van der Waals surface area contributed by atoms with Crippen molar-refractivity contribution in [1.82, 2.24) is 15.6 Å². The molecule has 150 valence electrons. The summed E-state index contributed by atoms with van der Waals surface area (Å²) in [6.45, 7) is 9.97. The average Bonchev–Trinajstić information content (AvgIpc) is 3.11. The molecule has 1 atom stereocenters. The van der Waals surface area contributed by atoms with Crippen molar-refractivity contribution < 1.29 is 4.74 Å². The fraction of sp³-hybridized carbons (Fsp3) is 0.500. The molecule has 1 unspecified atom stereocenters. The first kappa shape index (κ1) is 23.7. The summed E-state index contributed by atoms with van der Waals surface area (Å²) in [5.74, 6) is 2.20. The molecule has 0 spiro atoms. The summed E-state index contributed by atoms with van der Waals surface area (Å²) in [6, 6.07) is 8.37. The lowest BCUT2D eigenvalue weighted by molar-refractivity contribution is 0.271. The van der Waals surface area contributed by atoms with Gasteiger partial charge in [-0.3, -0.25) is 4.99 Å². The minimum atomic E-state index is 0. The number of rotatable bonds is 8. The van der Waals surface area contributed by atoms with Gasteiger partial charge in [0.25, 0.3) is 0 Å². The number of nitrogens with one attached hydrogen (secondary N) is 2. The molecule has 0 aliphatic rings. The van der Waals surface area contributed by atoms with Crippen LogP contribution in [0.1, 0.15) is 49.2 Å². The zero-order valence-corrected chi connectivity index (χ0v) is 19.9. The molecule has 0 radical (unpaired) electrons. The Bertz CT molecular complexity index is 700. The Balaban J connectivity index is 0.00000364. The Morgan fingerprint density at radius 1 is 1.22 bits per heavy atom. The normalized spacial score (nSPS) is 12.4. The first-order chi connectivity index (χ1) is 12.5. The maximum absolute atomic E-state index is 5.74. The van der Waals surface area contributed by atoms with Crippen LogP contribution in [0.4, 0.5) is 0 Å². The number of aliphatic imine (C=N–C) groups is 1. The Hall–Kier alpha value is -1.35. The SMILES string of the molecule is CCc1cnc(CNC(=NC)NC(C)c2ccc(OCC(C)C)cc2)s1.I. The van der Waals surface area contributed by atoms with Crippen molar-refractivity contribution >= 4 is 41.3 Å². The van der Waals surface area contributed by atoms with Gasteiger partial charge in [0, 0.05) is 18.1 Å². The monoisotopic (exact) mass is 502 g/mol. The highest BCUT2D eigenvalue weighted by molar-refractivity contribution is 14.0. The molecule has 0 fully saturated rings. The van der Waals surface area contributed by atoms with Crippen LogP contribution < -0.4 is 15.4 Å². The Morgan fingerprint density at radius 3 is 2.48 bits per heavy atom. The summed E-state index contributed by atoms with van der Waals surface area (Å²) in [6.07, 6.45) is 2.97. The number of ether oxygens (including phenoxy) is 1. The predicted molar refractivity (Wildman–Crippen MR) is 125 cm³/mol. The van der Waals surface area contributed by atoms with Crippen molar-refractivity contribution in [3.05, 3.63) is 45.9 Å². The van der Waals surface area contributed by atoms with Crippen molar-refractivity contribution in [3.63, 3.8) is 0 Å². The summed E-state index contributed by atoms with van der Waals surface area (Å²) in [5.41, 5.74) is 1.19. The van der Waals surface area contributed by atoms with E-state index in [1.165, 1.54) is 10.4 Å². The zero-order valence-electron chi connectivity index (χ0n) is 16.8. The maximum Gasteiger partial charge on any atom is 0.191 e. The van der Waals surface area contributed by atoms with E-state index in [0.29, 0.717) is 12.5 Å². The first-order valence-corrected chi connectivity index (χ1v) is 9.97. The molecular formula is C20H31IN4OS. The van der Waals surface area contributed by atoms with Gasteiger partial charge in [0.05, 0.1) is 19.2 Å². The molecule has 5 nitrogen and oxygen atoms in total. The van der Waals surface area contributed by atoms with E-state index in [1.807, 2.05) is 18.3 Å². The van der Waals surface area contributed by atoms with E-state index < -0.39 is 0 Å².